The number of hydrogen-bond donors (Lipinski definition) is 2. The number of benzene rings is 1. The van der Waals surface area contributed by atoms with Gasteiger partial charge in [0.25, 0.3) is 0 Å². The molecule has 0 aromatic heterocycles. The smallest absolute Gasteiger partial charge is 0.229 e. The lowest BCUT2D eigenvalue weighted by Gasteiger charge is -2.12. The summed E-state index contributed by atoms with van der Waals surface area (Å²) in [7, 11) is 0. The molecule has 1 aliphatic carbocycles. The van der Waals surface area contributed by atoms with Gasteiger partial charge in [0.05, 0.1) is 5.92 Å². The minimum absolute atomic E-state index is 0.0140. The van der Waals surface area contributed by atoms with Gasteiger partial charge in [0.1, 0.15) is 0 Å². The van der Waals surface area contributed by atoms with E-state index >= 15 is 0 Å². The molecule has 16 heavy (non-hydrogen) atoms. The fraction of sp³-hybridized carbons (Fsp3) is 0.462. The van der Waals surface area contributed by atoms with E-state index in [1.54, 1.807) is 0 Å². The maximum Gasteiger partial charge on any atom is 0.229 e. The number of carbonyl (C=O) groups is 1. The molecule has 3 heteroatoms. The van der Waals surface area contributed by atoms with Crippen LogP contribution in [0.2, 0.25) is 0 Å². The van der Waals surface area contributed by atoms with Gasteiger partial charge in [-0.05, 0) is 38.3 Å². The summed E-state index contributed by atoms with van der Waals surface area (Å²) in [5.41, 5.74) is 10.0. The van der Waals surface area contributed by atoms with Crippen LogP contribution in [-0.2, 0) is 4.79 Å². The van der Waals surface area contributed by atoms with Gasteiger partial charge in [-0.3, -0.25) is 4.79 Å². The number of hydrogen-bond acceptors (Lipinski definition) is 2. The molecule has 1 fully saturated rings. The second-order valence-electron chi connectivity index (χ2n) is 4.77. The zero-order chi connectivity index (χ0) is 11.9. The lowest BCUT2D eigenvalue weighted by molar-refractivity contribution is -0.117. The topological polar surface area (TPSA) is 55.1 Å². The number of nitrogens with two attached hydrogens (primary N) is 1. The highest BCUT2D eigenvalue weighted by atomic mass is 16.2. The predicted octanol–water partition coefficient (Wildman–Crippen LogP) is 1.90. The van der Waals surface area contributed by atoms with Gasteiger partial charge in [0.2, 0.25) is 5.91 Å². The van der Waals surface area contributed by atoms with Crippen molar-refractivity contribution in [3.8, 4) is 0 Å². The molecular weight excluding hydrogens is 200 g/mol. The molecule has 0 heterocycles. The van der Waals surface area contributed by atoms with E-state index in [-0.39, 0.29) is 17.9 Å². The minimum Gasteiger partial charge on any atom is -0.327 e. The second-order valence-corrected chi connectivity index (χ2v) is 4.77. The van der Waals surface area contributed by atoms with Gasteiger partial charge in [-0.25, -0.2) is 0 Å². The first kappa shape index (κ1) is 11.1. The highest BCUT2D eigenvalue weighted by Crippen LogP contribution is 2.30. The third-order valence-electron chi connectivity index (χ3n) is 3.10. The molecule has 0 radical (unpaired) electrons. The maximum atomic E-state index is 11.8. The van der Waals surface area contributed by atoms with Gasteiger partial charge in [-0.1, -0.05) is 17.7 Å². The zero-order valence-electron chi connectivity index (χ0n) is 10.0. The average molecular weight is 218 g/mol. The SMILES string of the molecule is Cc1cc(C)c(NC(=O)C2CC2N)c(C)c1. The molecule has 1 saturated carbocycles. The van der Waals surface area contributed by atoms with Gasteiger partial charge in [-0.2, -0.15) is 0 Å². The highest BCUT2D eigenvalue weighted by molar-refractivity contribution is 5.96. The van der Waals surface area contributed by atoms with Crippen LogP contribution in [0.1, 0.15) is 23.1 Å². The van der Waals surface area contributed by atoms with Crippen molar-refractivity contribution in [2.24, 2.45) is 11.7 Å². The molecule has 1 amide bonds. The molecular formula is C13H18N2O. The van der Waals surface area contributed by atoms with Gasteiger partial charge < -0.3 is 11.1 Å². The summed E-state index contributed by atoms with van der Waals surface area (Å²) in [6.45, 7) is 6.09. The highest BCUT2D eigenvalue weighted by Gasteiger charge is 2.40. The van der Waals surface area contributed by atoms with E-state index in [4.69, 9.17) is 5.73 Å². The quantitative estimate of drug-likeness (QED) is 0.796. The first-order valence-electron chi connectivity index (χ1n) is 5.63. The number of amides is 1. The Labute approximate surface area is 96.0 Å². The lowest BCUT2D eigenvalue weighted by Crippen LogP contribution is -2.19. The van der Waals surface area contributed by atoms with E-state index in [0.717, 1.165) is 23.2 Å². The molecule has 1 aliphatic rings. The Kier molecular flexibility index (Phi) is 2.72. The van der Waals surface area contributed by atoms with E-state index in [1.165, 1.54) is 5.56 Å². The number of nitrogens with one attached hydrogen (secondary N) is 1. The van der Waals surface area contributed by atoms with Gasteiger partial charge in [-0.15, -0.1) is 0 Å². The molecule has 3 nitrogen and oxygen atoms in total. The zero-order valence-corrected chi connectivity index (χ0v) is 10.0. The van der Waals surface area contributed by atoms with Crippen molar-refractivity contribution < 1.29 is 4.79 Å². The van der Waals surface area contributed by atoms with Crippen LogP contribution >= 0.6 is 0 Å². The number of anilines is 1. The fourth-order valence-electron chi connectivity index (χ4n) is 2.11. The monoisotopic (exact) mass is 218 g/mol. The van der Waals surface area contributed by atoms with E-state index in [2.05, 4.69) is 24.4 Å². The van der Waals surface area contributed by atoms with Gasteiger partial charge in [0, 0.05) is 11.7 Å². The van der Waals surface area contributed by atoms with E-state index in [1.807, 2.05) is 13.8 Å². The summed E-state index contributed by atoms with van der Waals surface area (Å²) in [4.78, 5) is 11.8. The molecule has 2 unspecified atom stereocenters. The van der Waals surface area contributed by atoms with E-state index < -0.39 is 0 Å². The largest absolute Gasteiger partial charge is 0.327 e. The van der Waals surface area contributed by atoms with Crippen molar-refractivity contribution in [3.63, 3.8) is 0 Å². The molecule has 0 saturated heterocycles. The van der Waals surface area contributed by atoms with Crippen LogP contribution in [0.3, 0.4) is 0 Å². The Morgan fingerprint density at radius 3 is 2.25 bits per heavy atom. The molecule has 2 rings (SSSR count). The first-order valence-corrected chi connectivity index (χ1v) is 5.63. The number of carbonyl (C=O) groups excluding carboxylic acids is 1. The normalized spacial score (nSPS) is 23.0. The van der Waals surface area contributed by atoms with Crippen LogP contribution in [0.15, 0.2) is 12.1 Å². The summed E-state index contributed by atoms with van der Waals surface area (Å²) >= 11 is 0. The van der Waals surface area contributed by atoms with Gasteiger partial charge >= 0.3 is 0 Å². The van der Waals surface area contributed by atoms with Crippen LogP contribution in [0.4, 0.5) is 5.69 Å². The standard InChI is InChI=1S/C13H18N2O/c1-7-4-8(2)12(9(3)5-7)15-13(16)10-6-11(10)14/h4-5,10-11H,6,14H2,1-3H3,(H,15,16). The van der Waals surface area contributed by atoms with Crippen LogP contribution in [0.25, 0.3) is 0 Å². The summed E-state index contributed by atoms with van der Waals surface area (Å²) in [6.07, 6.45) is 0.815. The average Bonchev–Trinajstić information content (AvgIpc) is 2.88. The molecule has 2 atom stereocenters. The van der Waals surface area contributed by atoms with Crippen LogP contribution in [0, 0.1) is 26.7 Å². The molecule has 0 spiro atoms. The molecule has 86 valence electrons. The van der Waals surface area contributed by atoms with Crippen molar-refractivity contribution in [3.05, 3.63) is 28.8 Å². The lowest BCUT2D eigenvalue weighted by atomic mass is 10.0. The van der Waals surface area contributed by atoms with Crippen molar-refractivity contribution >= 4 is 11.6 Å². The summed E-state index contributed by atoms with van der Waals surface area (Å²) in [6, 6.07) is 4.22. The van der Waals surface area contributed by atoms with E-state index in [0.29, 0.717) is 0 Å². The minimum atomic E-state index is 0.0140. The Morgan fingerprint density at radius 2 is 1.81 bits per heavy atom. The molecule has 1 aromatic rings. The van der Waals surface area contributed by atoms with Crippen molar-refractivity contribution in [1.82, 2.24) is 0 Å². The summed E-state index contributed by atoms with van der Waals surface area (Å²) in [5.74, 6) is 0.0719. The Morgan fingerprint density at radius 1 is 1.31 bits per heavy atom. The van der Waals surface area contributed by atoms with Crippen molar-refractivity contribution in [2.45, 2.75) is 33.2 Å². The maximum absolute atomic E-state index is 11.8. The van der Waals surface area contributed by atoms with Crippen molar-refractivity contribution in [2.75, 3.05) is 5.32 Å². The number of aryl methyl sites for hydroxylation is 3. The van der Waals surface area contributed by atoms with Gasteiger partial charge in [0.15, 0.2) is 0 Å². The molecule has 0 bridgehead atoms. The van der Waals surface area contributed by atoms with Crippen LogP contribution in [0.5, 0.6) is 0 Å². The third kappa shape index (κ3) is 2.09. The Hall–Kier alpha value is -1.35. The molecule has 3 N–H and O–H groups in total. The van der Waals surface area contributed by atoms with E-state index in [9.17, 15) is 4.79 Å². The third-order valence-corrected chi connectivity index (χ3v) is 3.10. The first-order chi connectivity index (χ1) is 7.49. The summed E-state index contributed by atoms with van der Waals surface area (Å²) < 4.78 is 0. The fourth-order valence-corrected chi connectivity index (χ4v) is 2.11. The number of rotatable bonds is 2. The van der Waals surface area contributed by atoms with Crippen LogP contribution < -0.4 is 11.1 Å². The summed E-state index contributed by atoms with van der Waals surface area (Å²) in [5, 5.41) is 2.98. The Balaban J connectivity index is 2.18. The predicted molar refractivity (Wildman–Crippen MR) is 65.4 cm³/mol. The molecule has 0 aliphatic heterocycles. The second kappa shape index (κ2) is 3.91. The molecule has 1 aromatic carbocycles. The van der Waals surface area contributed by atoms with Crippen molar-refractivity contribution in [1.29, 1.82) is 0 Å². The Bertz CT molecular complexity index is 417. The van der Waals surface area contributed by atoms with Crippen LogP contribution in [-0.4, -0.2) is 11.9 Å².